The number of hydrogen-bond acceptors (Lipinski definition) is 2. The number of benzene rings is 8. The number of hydrogen-bond donors (Lipinski definition) is 0. The van der Waals surface area contributed by atoms with Gasteiger partial charge in [0.1, 0.15) is 0 Å². The van der Waals surface area contributed by atoms with Gasteiger partial charge in [0.05, 0.1) is 0 Å². The fourth-order valence-corrected chi connectivity index (χ4v) is 7.33. The van der Waals surface area contributed by atoms with Crippen LogP contribution in [0.5, 0.6) is 0 Å². The molecular weight excluding hydrogens is 689 g/mol. The molecule has 2 heteroatoms. The summed E-state index contributed by atoms with van der Waals surface area (Å²) in [4.78, 5) is 4.64. The predicted molar refractivity (Wildman–Crippen MR) is 245 cm³/mol. The minimum absolute atomic E-state index is 0.107. The summed E-state index contributed by atoms with van der Waals surface area (Å²) in [7, 11) is 0. The van der Waals surface area contributed by atoms with Gasteiger partial charge in [0.2, 0.25) is 0 Å². The van der Waals surface area contributed by atoms with Crippen molar-refractivity contribution < 1.29 is 0 Å². The first-order chi connectivity index (χ1) is 27.8. The van der Waals surface area contributed by atoms with Crippen LogP contribution in [0.3, 0.4) is 0 Å². The van der Waals surface area contributed by atoms with E-state index in [0.717, 1.165) is 28.4 Å². The monoisotopic (exact) mass is 736 g/mol. The maximum Gasteiger partial charge on any atom is 0.0490 e. The fraction of sp³-hybridized carbons (Fsp3) is 0.0909. The van der Waals surface area contributed by atoms with E-state index in [9.17, 15) is 0 Å². The lowest BCUT2D eigenvalue weighted by atomic mass is 9.87. The van der Waals surface area contributed by atoms with E-state index in [1.54, 1.807) is 0 Å². The Bertz CT molecular complexity index is 2510. The first-order valence-corrected chi connectivity index (χ1v) is 19.8. The highest BCUT2D eigenvalue weighted by atomic mass is 15.1. The van der Waals surface area contributed by atoms with Crippen molar-refractivity contribution in [3.8, 4) is 22.3 Å². The van der Waals surface area contributed by atoms with E-state index in [4.69, 9.17) is 0 Å². The smallest absolute Gasteiger partial charge is 0.0490 e. The van der Waals surface area contributed by atoms with Crippen LogP contribution >= 0.6 is 0 Å². The van der Waals surface area contributed by atoms with Gasteiger partial charge in [-0.2, -0.15) is 0 Å². The molecular formula is C55H48N2. The Labute approximate surface area is 338 Å². The summed E-state index contributed by atoms with van der Waals surface area (Å²) in [5, 5.41) is 0. The topological polar surface area (TPSA) is 6.48 Å². The molecule has 0 aliphatic heterocycles. The van der Waals surface area contributed by atoms with Gasteiger partial charge in [-0.25, -0.2) is 0 Å². The highest BCUT2D eigenvalue weighted by molar-refractivity contribution is 5.81. The second kappa shape index (κ2) is 16.5. The second-order valence-corrected chi connectivity index (χ2v) is 15.6. The van der Waals surface area contributed by atoms with E-state index >= 15 is 0 Å². The molecule has 8 aromatic carbocycles. The fourth-order valence-electron chi connectivity index (χ4n) is 7.33. The first-order valence-electron chi connectivity index (χ1n) is 19.8. The molecule has 0 saturated carbocycles. The van der Waals surface area contributed by atoms with Gasteiger partial charge in [0, 0.05) is 34.1 Å². The van der Waals surface area contributed by atoms with E-state index < -0.39 is 0 Å². The summed E-state index contributed by atoms with van der Waals surface area (Å²) in [5.74, 6) is 0. The molecule has 0 amide bonds. The van der Waals surface area contributed by atoms with Gasteiger partial charge in [-0.1, -0.05) is 172 Å². The number of para-hydroxylation sites is 3. The average Bonchev–Trinajstić information content (AvgIpc) is 3.25. The molecule has 0 unspecified atom stereocenters. The Hall–Kier alpha value is -6.90. The van der Waals surface area contributed by atoms with Gasteiger partial charge in [-0.15, -0.1) is 0 Å². The SMILES string of the molecule is Cc1ccccc1N(c1ccc(-c2ccc(/C=C/c3ccc(-c4ccc(N(c5ccccc5)c5ccccc5)cc4)cc3)cc2)cc1)c1ccc(C(C)(C)C)cc1. The Morgan fingerprint density at radius 3 is 1.07 bits per heavy atom. The lowest BCUT2D eigenvalue weighted by Crippen LogP contribution is -2.13. The molecule has 0 atom stereocenters. The third-order valence-electron chi connectivity index (χ3n) is 10.6. The van der Waals surface area contributed by atoms with Crippen LogP contribution in [0.15, 0.2) is 206 Å². The molecule has 278 valence electrons. The van der Waals surface area contributed by atoms with Crippen LogP contribution < -0.4 is 9.80 Å². The van der Waals surface area contributed by atoms with Crippen LogP contribution in [0.4, 0.5) is 34.1 Å². The zero-order valence-corrected chi connectivity index (χ0v) is 33.2. The standard InChI is InChI=1S/C55H48N2/c1-41-13-11-12-18-54(41)57(53-39-33-48(34-40-53)55(2,3)4)52-37-31-47(32-38-52)45-27-23-43(24-28-45)20-19-42-21-25-44(26-22-42)46-29-35-51(36-30-46)56(49-14-7-5-8-15-49)50-16-9-6-10-17-50/h5-40H,1-4H3/b20-19+. The van der Waals surface area contributed by atoms with Gasteiger partial charge >= 0.3 is 0 Å². The Morgan fingerprint density at radius 2 is 0.667 bits per heavy atom. The zero-order chi connectivity index (χ0) is 39.2. The van der Waals surface area contributed by atoms with Crippen molar-refractivity contribution in [2.75, 3.05) is 9.80 Å². The van der Waals surface area contributed by atoms with Crippen LogP contribution in [0, 0.1) is 6.92 Å². The minimum Gasteiger partial charge on any atom is -0.311 e. The first kappa shape index (κ1) is 37.0. The number of nitrogens with zero attached hydrogens (tertiary/aromatic N) is 2. The molecule has 0 aromatic heterocycles. The Morgan fingerprint density at radius 1 is 0.333 bits per heavy atom. The van der Waals surface area contributed by atoms with E-state index in [1.165, 1.54) is 50.2 Å². The summed E-state index contributed by atoms with van der Waals surface area (Å²) < 4.78 is 0. The predicted octanol–water partition coefficient (Wildman–Crippen LogP) is 15.7. The van der Waals surface area contributed by atoms with Crippen molar-refractivity contribution in [3.63, 3.8) is 0 Å². The molecule has 0 bridgehead atoms. The lowest BCUT2D eigenvalue weighted by Gasteiger charge is -2.28. The summed E-state index contributed by atoms with van der Waals surface area (Å²) in [6, 6.07) is 74.0. The average molecular weight is 737 g/mol. The van der Waals surface area contributed by atoms with Crippen LogP contribution in [0.1, 0.15) is 43.0 Å². The molecule has 0 radical (unpaired) electrons. The molecule has 8 aromatic rings. The van der Waals surface area contributed by atoms with Crippen molar-refractivity contribution in [3.05, 3.63) is 229 Å². The molecule has 0 heterocycles. The summed E-state index contributed by atoms with van der Waals surface area (Å²) in [5.41, 5.74) is 16.7. The van der Waals surface area contributed by atoms with Crippen LogP contribution in [-0.4, -0.2) is 0 Å². The molecule has 0 N–H and O–H groups in total. The van der Waals surface area contributed by atoms with Crippen molar-refractivity contribution in [2.45, 2.75) is 33.1 Å². The normalized spacial score (nSPS) is 11.4. The van der Waals surface area contributed by atoms with Crippen LogP contribution in [0.25, 0.3) is 34.4 Å². The van der Waals surface area contributed by atoms with Crippen molar-refractivity contribution in [1.82, 2.24) is 0 Å². The highest BCUT2D eigenvalue weighted by Crippen LogP contribution is 2.39. The molecule has 0 saturated heterocycles. The molecule has 2 nitrogen and oxygen atoms in total. The third-order valence-corrected chi connectivity index (χ3v) is 10.6. The van der Waals surface area contributed by atoms with Crippen molar-refractivity contribution in [1.29, 1.82) is 0 Å². The van der Waals surface area contributed by atoms with Gasteiger partial charge in [0.15, 0.2) is 0 Å². The van der Waals surface area contributed by atoms with E-state index in [2.05, 4.69) is 256 Å². The lowest BCUT2D eigenvalue weighted by molar-refractivity contribution is 0.590. The number of anilines is 6. The maximum atomic E-state index is 2.36. The van der Waals surface area contributed by atoms with E-state index in [0.29, 0.717) is 0 Å². The third kappa shape index (κ3) is 8.52. The largest absolute Gasteiger partial charge is 0.311 e. The Kier molecular flexibility index (Phi) is 10.7. The quantitative estimate of drug-likeness (QED) is 0.129. The minimum atomic E-state index is 0.107. The maximum absolute atomic E-state index is 2.36. The van der Waals surface area contributed by atoms with Crippen molar-refractivity contribution >= 4 is 46.3 Å². The van der Waals surface area contributed by atoms with Gasteiger partial charge in [-0.05, 0) is 124 Å². The zero-order valence-electron chi connectivity index (χ0n) is 33.2. The molecule has 0 aliphatic rings. The van der Waals surface area contributed by atoms with E-state index in [-0.39, 0.29) is 5.41 Å². The molecule has 0 spiro atoms. The van der Waals surface area contributed by atoms with Gasteiger partial charge in [0.25, 0.3) is 0 Å². The summed E-state index contributed by atoms with van der Waals surface area (Å²) in [6.45, 7) is 8.95. The van der Waals surface area contributed by atoms with E-state index in [1.807, 2.05) is 0 Å². The summed E-state index contributed by atoms with van der Waals surface area (Å²) in [6.07, 6.45) is 4.37. The second-order valence-electron chi connectivity index (χ2n) is 15.6. The van der Waals surface area contributed by atoms with Crippen LogP contribution in [0.2, 0.25) is 0 Å². The van der Waals surface area contributed by atoms with Crippen molar-refractivity contribution in [2.24, 2.45) is 0 Å². The highest BCUT2D eigenvalue weighted by Gasteiger charge is 2.18. The van der Waals surface area contributed by atoms with Gasteiger partial charge in [-0.3, -0.25) is 0 Å². The number of aryl methyl sites for hydroxylation is 1. The molecule has 0 fully saturated rings. The van der Waals surface area contributed by atoms with Gasteiger partial charge < -0.3 is 9.80 Å². The summed E-state index contributed by atoms with van der Waals surface area (Å²) >= 11 is 0. The molecule has 57 heavy (non-hydrogen) atoms. The molecule has 8 rings (SSSR count). The van der Waals surface area contributed by atoms with Crippen LogP contribution in [-0.2, 0) is 5.41 Å². The molecule has 0 aliphatic carbocycles. The Balaban J connectivity index is 0.947. The number of rotatable bonds is 10.